The van der Waals surface area contributed by atoms with Gasteiger partial charge in [-0.15, -0.1) is 0 Å². The van der Waals surface area contributed by atoms with Crippen molar-refractivity contribution in [3.63, 3.8) is 0 Å². The summed E-state index contributed by atoms with van der Waals surface area (Å²) in [4.78, 5) is 2.65. The molecule has 2 bridgehead atoms. The highest BCUT2D eigenvalue weighted by Crippen LogP contribution is 2.37. The van der Waals surface area contributed by atoms with Crippen LogP contribution in [0.25, 0.3) is 0 Å². The summed E-state index contributed by atoms with van der Waals surface area (Å²) in [7, 11) is 0. The van der Waals surface area contributed by atoms with E-state index in [0.717, 1.165) is 24.4 Å². The molecule has 2 heteroatoms. The highest BCUT2D eigenvalue weighted by molar-refractivity contribution is 4.93. The van der Waals surface area contributed by atoms with Crippen molar-refractivity contribution >= 4 is 0 Å². The summed E-state index contributed by atoms with van der Waals surface area (Å²) in [5.41, 5.74) is 5.83. The minimum atomic E-state index is 0.803. The minimum absolute atomic E-state index is 0.803. The molecule has 3 aliphatic heterocycles. The lowest BCUT2D eigenvalue weighted by molar-refractivity contribution is -0.00741. The highest BCUT2D eigenvalue weighted by Gasteiger charge is 2.39. The molecule has 3 heterocycles. The number of hydrogen-bond acceptors (Lipinski definition) is 2. The van der Waals surface area contributed by atoms with Crippen molar-refractivity contribution in [3.8, 4) is 0 Å². The molecular weight excluding hydrogens is 148 g/mol. The van der Waals surface area contributed by atoms with E-state index in [9.17, 15) is 0 Å². The van der Waals surface area contributed by atoms with Crippen LogP contribution >= 0.6 is 0 Å². The fraction of sp³-hybridized carbons (Fsp3) is 1.00. The van der Waals surface area contributed by atoms with E-state index in [1.54, 1.807) is 0 Å². The minimum Gasteiger partial charge on any atom is -0.330 e. The number of fused-ring (bicyclic) bond motifs is 3. The summed E-state index contributed by atoms with van der Waals surface area (Å²) in [6.07, 6.45) is 4.09. The molecule has 3 saturated heterocycles. The van der Waals surface area contributed by atoms with E-state index >= 15 is 0 Å². The maximum atomic E-state index is 5.83. The number of rotatable bonds is 2. The Morgan fingerprint density at radius 2 is 2.00 bits per heavy atom. The predicted octanol–water partition coefficient (Wildman–Crippen LogP) is 1.07. The Bertz CT molecular complexity index is 132. The van der Waals surface area contributed by atoms with Crippen LogP contribution in [-0.4, -0.2) is 30.6 Å². The molecule has 0 saturated carbocycles. The van der Waals surface area contributed by atoms with Crippen LogP contribution in [0, 0.1) is 11.8 Å². The van der Waals surface area contributed by atoms with Gasteiger partial charge in [0.15, 0.2) is 0 Å². The Kier molecular flexibility index (Phi) is 2.37. The smallest absolute Gasteiger partial charge is 0.0136 e. The van der Waals surface area contributed by atoms with E-state index < -0.39 is 0 Å². The van der Waals surface area contributed by atoms with Crippen LogP contribution in [0.15, 0.2) is 0 Å². The number of hydrogen-bond donors (Lipinski definition) is 1. The first-order valence-corrected chi connectivity index (χ1v) is 5.31. The van der Waals surface area contributed by atoms with Gasteiger partial charge in [-0.25, -0.2) is 0 Å². The van der Waals surface area contributed by atoms with E-state index in [-0.39, 0.29) is 0 Å². The van der Waals surface area contributed by atoms with Crippen molar-refractivity contribution in [2.75, 3.05) is 19.6 Å². The number of piperidine rings is 3. The molecule has 3 rings (SSSR count). The lowest BCUT2D eigenvalue weighted by Crippen LogP contribution is -2.56. The van der Waals surface area contributed by atoms with Crippen LogP contribution in [0.2, 0.25) is 0 Å². The van der Waals surface area contributed by atoms with Crippen molar-refractivity contribution in [2.24, 2.45) is 17.6 Å². The Morgan fingerprint density at radius 1 is 1.33 bits per heavy atom. The molecule has 0 spiro atoms. The van der Waals surface area contributed by atoms with Crippen LogP contribution in [0.3, 0.4) is 0 Å². The third kappa shape index (κ3) is 1.17. The molecule has 0 aromatic rings. The highest BCUT2D eigenvalue weighted by atomic mass is 15.2. The normalized spacial score (nSPS) is 46.5. The monoisotopic (exact) mass is 168 g/mol. The van der Waals surface area contributed by atoms with Crippen molar-refractivity contribution in [1.82, 2.24) is 4.90 Å². The average molecular weight is 168 g/mol. The van der Waals surface area contributed by atoms with Crippen molar-refractivity contribution < 1.29 is 0 Å². The zero-order chi connectivity index (χ0) is 8.55. The van der Waals surface area contributed by atoms with E-state index in [1.165, 1.54) is 32.4 Å². The molecule has 0 aromatic heterocycles. The lowest BCUT2D eigenvalue weighted by atomic mass is 9.73. The molecule has 12 heavy (non-hydrogen) atoms. The third-order valence-corrected chi connectivity index (χ3v) is 3.83. The first kappa shape index (κ1) is 8.52. The third-order valence-electron chi connectivity index (χ3n) is 3.83. The molecule has 3 aliphatic rings. The van der Waals surface area contributed by atoms with Gasteiger partial charge < -0.3 is 10.6 Å². The molecule has 0 radical (unpaired) electrons. The van der Waals surface area contributed by atoms with Gasteiger partial charge in [0.1, 0.15) is 0 Å². The van der Waals surface area contributed by atoms with Crippen molar-refractivity contribution in [1.29, 1.82) is 0 Å². The molecule has 2 atom stereocenters. The zero-order valence-electron chi connectivity index (χ0n) is 8.00. The summed E-state index contributed by atoms with van der Waals surface area (Å²) in [5.74, 6) is 1.75. The largest absolute Gasteiger partial charge is 0.330 e. The lowest BCUT2D eigenvalue weighted by Gasteiger charge is -2.50. The van der Waals surface area contributed by atoms with Crippen molar-refractivity contribution in [3.05, 3.63) is 0 Å². The predicted molar refractivity (Wildman–Crippen MR) is 50.9 cm³/mol. The van der Waals surface area contributed by atoms with E-state index in [2.05, 4.69) is 11.8 Å². The second-order valence-corrected chi connectivity index (χ2v) is 4.25. The SMILES string of the molecule is CCC1C(CN)C2CCN1CC2. The van der Waals surface area contributed by atoms with Gasteiger partial charge in [-0.05, 0) is 50.7 Å². The van der Waals surface area contributed by atoms with Crippen LogP contribution in [0.1, 0.15) is 26.2 Å². The Balaban J connectivity index is 2.10. The maximum absolute atomic E-state index is 5.83. The van der Waals surface area contributed by atoms with Gasteiger partial charge in [0.2, 0.25) is 0 Å². The van der Waals surface area contributed by atoms with E-state index in [1.807, 2.05) is 0 Å². The van der Waals surface area contributed by atoms with E-state index in [4.69, 9.17) is 5.73 Å². The first-order valence-electron chi connectivity index (χ1n) is 5.31. The fourth-order valence-corrected chi connectivity index (χ4v) is 3.17. The van der Waals surface area contributed by atoms with Gasteiger partial charge in [0.05, 0.1) is 0 Å². The Morgan fingerprint density at radius 3 is 2.42 bits per heavy atom. The number of nitrogens with zero attached hydrogens (tertiary/aromatic N) is 1. The fourth-order valence-electron chi connectivity index (χ4n) is 3.17. The van der Waals surface area contributed by atoms with Crippen molar-refractivity contribution in [2.45, 2.75) is 32.2 Å². The van der Waals surface area contributed by atoms with Crippen LogP contribution in [-0.2, 0) is 0 Å². The van der Waals surface area contributed by atoms with E-state index in [0.29, 0.717) is 0 Å². The van der Waals surface area contributed by atoms with Gasteiger partial charge >= 0.3 is 0 Å². The molecular formula is C10H20N2. The maximum Gasteiger partial charge on any atom is 0.0136 e. The molecule has 3 fully saturated rings. The molecule has 0 aliphatic carbocycles. The molecule has 2 N–H and O–H groups in total. The first-order chi connectivity index (χ1) is 5.86. The Labute approximate surface area is 75.1 Å². The van der Waals surface area contributed by atoms with Crippen LogP contribution in [0.5, 0.6) is 0 Å². The number of nitrogens with two attached hydrogens (primary N) is 1. The molecule has 0 aromatic carbocycles. The molecule has 0 amide bonds. The van der Waals surface area contributed by atoms with Crippen LogP contribution in [0.4, 0.5) is 0 Å². The van der Waals surface area contributed by atoms with Gasteiger partial charge in [-0.2, -0.15) is 0 Å². The summed E-state index contributed by atoms with van der Waals surface area (Å²) < 4.78 is 0. The van der Waals surface area contributed by atoms with Gasteiger partial charge in [0, 0.05) is 6.04 Å². The molecule has 2 nitrogen and oxygen atoms in total. The summed E-state index contributed by atoms with van der Waals surface area (Å²) >= 11 is 0. The van der Waals surface area contributed by atoms with Gasteiger partial charge in [-0.1, -0.05) is 6.92 Å². The van der Waals surface area contributed by atoms with Gasteiger partial charge in [0.25, 0.3) is 0 Å². The second-order valence-electron chi connectivity index (χ2n) is 4.25. The summed E-state index contributed by atoms with van der Waals surface area (Å²) in [6.45, 7) is 5.87. The second kappa shape index (κ2) is 3.35. The van der Waals surface area contributed by atoms with Crippen LogP contribution < -0.4 is 5.73 Å². The Hall–Kier alpha value is -0.0800. The molecule has 2 unspecified atom stereocenters. The summed E-state index contributed by atoms with van der Waals surface area (Å²) in [6, 6.07) is 0.808. The molecule has 70 valence electrons. The van der Waals surface area contributed by atoms with Gasteiger partial charge in [-0.3, -0.25) is 0 Å². The topological polar surface area (TPSA) is 29.3 Å². The quantitative estimate of drug-likeness (QED) is 0.668. The zero-order valence-corrected chi connectivity index (χ0v) is 8.00. The summed E-state index contributed by atoms with van der Waals surface area (Å²) in [5, 5.41) is 0. The average Bonchev–Trinajstić information content (AvgIpc) is 2.18. The standard InChI is InChI=1S/C10H20N2/c1-2-10-9(7-11)8-3-5-12(10)6-4-8/h8-10H,2-7,11H2,1H3.